The smallest absolute Gasteiger partial charge is 0.227 e. The van der Waals surface area contributed by atoms with E-state index in [9.17, 15) is 0 Å². The number of aromatic nitrogens is 1. The molecule has 3 aromatic rings. The summed E-state index contributed by atoms with van der Waals surface area (Å²) in [4.78, 5) is 4.59. The highest BCUT2D eigenvalue weighted by Crippen LogP contribution is 2.43. The Hall–Kier alpha value is -2.13. The van der Waals surface area contributed by atoms with Crippen molar-refractivity contribution in [1.82, 2.24) is 4.98 Å². The van der Waals surface area contributed by atoms with Gasteiger partial charge < -0.3 is 10.2 Å². The first-order chi connectivity index (χ1) is 9.76. The Morgan fingerprint density at radius 3 is 2.50 bits per heavy atom. The van der Waals surface area contributed by atoms with Gasteiger partial charge in [0, 0.05) is 11.1 Å². The Kier molecular flexibility index (Phi) is 2.44. The highest BCUT2D eigenvalue weighted by Gasteiger charge is 2.36. The summed E-state index contributed by atoms with van der Waals surface area (Å²) in [7, 11) is 0. The maximum absolute atomic E-state index is 6.49. The van der Waals surface area contributed by atoms with E-state index in [-0.39, 0.29) is 5.54 Å². The van der Waals surface area contributed by atoms with Crippen molar-refractivity contribution in [2.24, 2.45) is 5.73 Å². The minimum atomic E-state index is -0.211. The molecule has 0 radical (unpaired) electrons. The van der Waals surface area contributed by atoms with Crippen LogP contribution < -0.4 is 5.73 Å². The highest BCUT2D eigenvalue weighted by atomic mass is 16.3. The zero-order valence-corrected chi connectivity index (χ0v) is 11.2. The topological polar surface area (TPSA) is 52.0 Å². The van der Waals surface area contributed by atoms with Gasteiger partial charge in [-0.15, -0.1) is 0 Å². The van der Waals surface area contributed by atoms with Gasteiger partial charge in [-0.25, -0.2) is 4.98 Å². The van der Waals surface area contributed by atoms with E-state index in [2.05, 4.69) is 11.1 Å². The molecule has 20 heavy (non-hydrogen) atoms. The molecular formula is C17H16N2O. The molecule has 0 amide bonds. The van der Waals surface area contributed by atoms with Crippen LogP contribution in [0.4, 0.5) is 0 Å². The summed E-state index contributed by atoms with van der Waals surface area (Å²) in [5.41, 5.74) is 10.1. The van der Waals surface area contributed by atoms with Gasteiger partial charge in [0.15, 0.2) is 5.58 Å². The predicted octanol–water partition coefficient (Wildman–Crippen LogP) is 3.83. The molecule has 1 saturated carbocycles. The molecular weight excluding hydrogens is 248 g/mol. The molecule has 0 atom stereocenters. The van der Waals surface area contributed by atoms with Crippen molar-refractivity contribution in [3.8, 4) is 11.5 Å². The molecule has 2 N–H and O–H groups in total. The lowest BCUT2D eigenvalue weighted by atomic mass is 9.71. The summed E-state index contributed by atoms with van der Waals surface area (Å²) in [6.45, 7) is 0. The second-order valence-corrected chi connectivity index (χ2v) is 5.54. The Morgan fingerprint density at radius 2 is 1.75 bits per heavy atom. The first kappa shape index (κ1) is 11.7. The van der Waals surface area contributed by atoms with Gasteiger partial charge in [-0.3, -0.25) is 0 Å². The largest absolute Gasteiger partial charge is 0.436 e. The van der Waals surface area contributed by atoms with E-state index in [1.54, 1.807) is 0 Å². The lowest BCUT2D eigenvalue weighted by molar-refractivity contribution is 0.254. The lowest BCUT2D eigenvalue weighted by Gasteiger charge is -2.39. The van der Waals surface area contributed by atoms with E-state index < -0.39 is 0 Å². The van der Waals surface area contributed by atoms with E-state index in [0.29, 0.717) is 5.89 Å². The summed E-state index contributed by atoms with van der Waals surface area (Å²) < 4.78 is 5.89. The van der Waals surface area contributed by atoms with Crippen LogP contribution in [-0.4, -0.2) is 4.98 Å². The lowest BCUT2D eigenvalue weighted by Crippen LogP contribution is -2.43. The number of oxazole rings is 1. The number of nitrogens with two attached hydrogens (primary N) is 1. The van der Waals surface area contributed by atoms with Gasteiger partial charge in [-0.2, -0.15) is 0 Å². The molecule has 1 heterocycles. The maximum Gasteiger partial charge on any atom is 0.227 e. The fourth-order valence-corrected chi connectivity index (χ4v) is 2.92. The Morgan fingerprint density at radius 1 is 1.00 bits per heavy atom. The van der Waals surface area contributed by atoms with Crippen LogP contribution in [0.5, 0.6) is 0 Å². The first-order valence-electron chi connectivity index (χ1n) is 7.01. The molecule has 0 bridgehead atoms. The van der Waals surface area contributed by atoms with E-state index in [1.165, 1.54) is 6.42 Å². The van der Waals surface area contributed by atoms with Gasteiger partial charge in [0.2, 0.25) is 5.89 Å². The third kappa shape index (κ3) is 1.67. The Labute approximate surface area is 117 Å². The number of hydrogen-bond donors (Lipinski definition) is 1. The summed E-state index contributed by atoms with van der Waals surface area (Å²) in [5.74, 6) is 0.665. The minimum Gasteiger partial charge on any atom is -0.436 e. The zero-order chi connectivity index (χ0) is 13.6. The van der Waals surface area contributed by atoms with Crippen molar-refractivity contribution in [3.05, 3.63) is 54.1 Å². The van der Waals surface area contributed by atoms with Gasteiger partial charge in [-0.05, 0) is 43.0 Å². The summed E-state index contributed by atoms with van der Waals surface area (Å²) in [5, 5.41) is 0. The highest BCUT2D eigenvalue weighted by molar-refractivity contribution is 5.77. The van der Waals surface area contributed by atoms with Gasteiger partial charge in [0.1, 0.15) is 5.52 Å². The van der Waals surface area contributed by atoms with Gasteiger partial charge in [0.05, 0.1) is 0 Å². The normalized spacial score (nSPS) is 17.1. The molecule has 100 valence electrons. The average Bonchev–Trinajstić information content (AvgIpc) is 2.88. The SMILES string of the molecule is NC1(c2ccccc2-c2nc3ccccc3o2)CCC1. The molecule has 0 aliphatic heterocycles. The fourth-order valence-electron chi connectivity index (χ4n) is 2.92. The minimum absolute atomic E-state index is 0.211. The van der Waals surface area contributed by atoms with Crippen LogP contribution in [0, 0.1) is 0 Å². The van der Waals surface area contributed by atoms with Crippen molar-refractivity contribution in [1.29, 1.82) is 0 Å². The quantitative estimate of drug-likeness (QED) is 0.765. The van der Waals surface area contributed by atoms with Crippen LogP contribution in [0.15, 0.2) is 52.9 Å². The molecule has 1 aliphatic carbocycles. The van der Waals surface area contributed by atoms with E-state index >= 15 is 0 Å². The molecule has 4 rings (SSSR count). The Balaban J connectivity index is 1.89. The van der Waals surface area contributed by atoms with E-state index in [4.69, 9.17) is 10.2 Å². The monoisotopic (exact) mass is 264 g/mol. The van der Waals surface area contributed by atoms with Gasteiger partial charge in [0.25, 0.3) is 0 Å². The fraction of sp³-hybridized carbons (Fsp3) is 0.235. The third-order valence-corrected chi connectivity index (χ3v) is 4.23. The van der Waals surface area contributed by atoms with E-state index in [0.717, 1.165) is 35.1 Å². The number of nitrogens with zero attached hydrogens (tertiary/aromatic N) is 1. The molecule has 0 saturated heterocycles. The molecule has 1 aliphatic rings. The van der Waals surface area contributed by atoms with Crippen molar-refractivity contribution < 1.29 is 4.42 Å². The second kappa shape index (κ2) is 4.18. The predicted molar refractivity (Wildman–Crippen MR) is 79.2 cm³/mol. The first-order valence-corrected chi connectivity index (χ1v) is 7.01. The number of fused-ring (bicyclic) bond motifs is 1. The van der Waals surface area contributed by atoms with Crippen LogP contribution in [0.25, 0.3) is 22.6 Å². The van der Waals surface area contributed by atoms with Gasteiger partial charge >= 0.3 is 0 Å². The van der Waals surface area contributed by atoms with Crippen LogP contribution in [0.3, 0.4) is 0 Å². The Bertz CT molecular complexity index is 738. The molecule has 3 heteroatoms. The van der Waals surface area contributed by atoms with Crippen LogP contribution in [-0.2, 0) is 5.54 Å². The van der Waals surface area contributed by atoms with Gasteiger partial charge in [-0.1, -0.05) is 30.3 Å². The maximum atomic E-state index is 6.49. The van der Waals surface area contributed by atoms with Crippen LogP contribution in [0.1, 0.15) is 24.8 Å². The van der Waals surface area contributed by atoms with Crippen LogP contribution >= 0.6 is 0 Å². The number of rotatable bonds is 2. The molecule has 1 aromatic heterocycles. The van der Waals surface area contributed by atoms with Crippen molar-refractivity contribution in [3.63, 3.8) is 0 Å². The van der Waals surface area contributed by atoms with Crippen LogP contribution in [0.2, 0.25) is 0 Å². The molecule has 0 spiro atoms. The summed E-state index contributed by atoms with van der Waals surface area (Å²) >= 11 is 0. The standard InChI is InChI=1S/C17H16N2O/c18-17(10-5-11-17)13-7-2-1-6-12(13)16-19-14-8-3-4-9-15(14)20-16/h1-4,6-9H,5,10-11,18H2. The molecule has 1 fully saturated rings. The van der Waals surface area contributed by atoms with Crippen molar-refractivity contribution >= 4 is 11.1 Å². The second-order valence-electron chi connectivity index (χ2n) is 5.54. The summed E-state index contributed by atoms with van der Waals surface area (Å²) in [6.07, 6.45) is 3.26. The number of para-hydroxylation sites is 2. The molecule has 3 nitrogen and oxygen atoms in total. The summed E-state index contributed by atoms with van der Waals surface area (Å²) in [6, 6.07) is 16.0. The van der Waals surface area contributed by atoms with Crippen molar-refractivity contribution in [2.75, 3.05) is 0 Å². The third-order valence-electron chi connectivity index (χ3n) is 4.23. The number of hydrogen-bond acceptors (Lipinski definition) is 3. The molecule has 0 unspecified atom stereocenters. The number of benzene rings is 2. The zero-order valence-electron chi connectivity index (χ0n) is 11.2. The average molecular weight is 264 g/mol. The van der Waals surface area contributed by atoms with E-state index in [1.807, 2.05) is 42.5 Å². The van der Waals surface area contributed by atoms with Crippen molar-refractivity contribution in [2.45, 2.75) is 24.8 Å². The molecule has 2 aromatic carbocycles.